The highest BCUT2D eigenvalue weighted by atomic mass is 35.5. The minimum atomic E-state index is 0.451. The number of rotatable bonds is 6. The van der Waals surface area contributed by atoms with Gasteiger partial charge in [0.1, 0.15) is 11.5 Å². The van der Waals surface area contributed by atoms with Crippen LogP contribution in [0.1, 0.15) is 44.3 Å². The Kier molecular flexibility index (Phi) is 6.71. The van der Waals surface area contributed by atoms with Gasteiger partial charge in [-0.2, -0.15) is 20.1 Å². The molecule has 2 fully saturated rings. The van der Waals surface area contributed by atoms with E-state index in [-0.39, 0.29) is 0 Å². The molecule has 1 N–H and O–H groups in total. The van der Waals surface area contributed by atoms with Gasteiger partial charge in [-0.05, 0) is 74.9 Å². The maximum Gasteiger partial charge on any atom is 0.250 e. The van der Waals surface area contributed by atoms with Crippen LogP contribution in [-0.2, 0) is 0 Å². The fourth-order valence-electron chi connectivity index (χ4n) is 4.22. The van der Waals surface area contributed by atoms with Crippen molar-refractivity contribution in [2.24, 2.45) is 5.10 Å². The summed E-state index contributed by atoms with van der Waals surface area (Å²) >= 11 is 5.97. The van der Waals surface area contributed by atoms with Crippen LogP contribution < -0.4 is 15.2 Å². The summed E-state index contributed by atoms with van der Waals surface area (Å²) in [6.07, 6.45) is 8.82. The Balaban J connectivity index is 1.32. The van der Waals surface area contributed by atoms with Crippen LogP contribution in [0, 0.1) is 0 Å². The summed E-state index contributed by atoms with van der Waals surface area (Å²) in [6, 6.07) is 11.3. The number of benzene rings is 1. The molecule has 2 aliphatic rings. The Morgan fingerprint density at radius 3 is 2.00 bits per heavy atom. The first-order chi connectivity index (χ1) is 16.2. The Hall–Kier alpha value is -3.13. The fourth-order valence-corrected chi connectivity index (χ4v) is 4.35. The highest BCUT2D eigenvalue weighted by Crippen LogP contribution is 2.24. The Morgan fingerprint density at radius 1 is 0.788 bits per heavy atom. The lowest BCUT2D eigenvalue weighted by atomic mass is 10.1. The standard InChI is InChI=1S/C24H28ClN7O/c25-19-9-7-18(8-10-19)21-12-11-20(33-21)17-26-30-22-27-23(31-13-3-1-4-14-31)29-24(28-22)32-15-5-2-6-16-32/h7-12,17H,1-6,13-16H2,(H,27,28,29,30)/b26-17-. The van der Waals surface area contributed by atoms with Crippen LogP contribution in [0.3, 0.4) is 0 Å². The molecular formula is C24H28ClN7O. The molecule has 172 valence electrons. The van der Waals surface area contributed by atoms with Gasteiger partial charge in [-0.15, -0.1) is 0 Å². The Morgan fingerprint density at radius 2 is 1.39 bits per heavy atom. The maximum absolute atomic E-state index is 5.97. The van der Waals surface area contributed by atoms with Crippen LogP contribution in [0.25, 0.3) is 11.3 Å². The molecule has 0 radical (unpaired) electrons. The second kappa shape index (κ2) is 10.2. The van der Waals surface area contributed by atoms with Gasteiger partial charge in [-0.25, -0.2) is 5.43 Å². The number of nitrogens with zero attached hydrogens (tertiary/aromatic N) is 6. The molecular weight excluding hydrogens is 438 g/mol. The average molecular weight is 466 g/mol. The summed E-state index contributed by atoms with van der Waals surface area (Å²) in [5, 5.41) is 5.02. The number of anilines is 3. The molecule has 5 rings (SSSR count). The molecule has 0 bridgehead atoms. The maximum atomic E-state index is 5.97. The number of aromatic nitrogens is 3. The van der Waals surface area contributed by atoms with Crippen LogP contribution in [0.15, 0.2) is 45.9 Å². The lowest BCUT2D eigenvalue weighted by Crippen LogP contribution is -2.34. The molecule has 0 amide bonds. The number of nitrogens with one attached hydrogen (secondary N) is 1. The number of hydrogen-bond donors (Lipinski definition) is 1. The van der Waals surface area contributed by atoms with Crippen molar-refractivity contribution >= 4 is 35.7 Å². The van der Waals surface area contributed by atoms with Crippen molar-refractivity contribution in [3.05, 3.63) is 47.2 Å². The van der Waals surface area contributed by atoms with Gasteiger partial charge < -0.3 is 14.2 Å². The first kappa shape index (κ1) is 21.7. The molecule has 8 nitrogen and oxygen atoms in total. The lowest BCUT2D eigenvalue weighted by molar-refractivity contribution is 0.556. The summed E-state index contributed by atoms with van der Waals surface area (Å²) in [4.78, 5) is 18.6. The van der Waals surface area contributed by atoms with E-state index in [1.165, 1.54) is 38.5 Å². The number of hydrazone groups is 1. The summed E-state index contributed by atoms with van der Waals surface area (Å²) < 4.78 is 5.88. The zero-order valence-corrected chi connectivity index (χ0v) is 19.3. The van der Waals surface area contributed by atoms with E-state index in [4.69, 9.17) is 21.0 Å². The van der Waals surface area contributed by atoms with Crippen molar-refractivity contribution in [1.82, 2.24) is 15.0 Å². The van der Waals surface area contributed by atoms with Crippen LogP contribution >= 0.6 is 11.6 Å². The van der Waals surface area contributed by atoms with Gasteiger partial charge in [0.15, 0.2) is 0 Å². The smallest absolute Gasteiger partial charge is 0.250 e. The summed E-state index contributed by atoms with van der Waals surface area (Å²) in [7, 11) is 0. The van der Waals surface area contributed by atoms with Crippen LogP contribution in [0.4, 0.5) is 17.8 Å². The van der Waals surface area contributed by atoms with E-state index in [0.717, 1.165) is 49.4 Å². The third-order valence-electron chi connectivity index (χ3n) is 6.00. The van der Waals surface area contributed by atoms with Gasteiger partial charge in [0, 0.05) is 36.8 Å². The molecule has 0 aliphatic carbocycles. The van der Waals surface area contributed by atoms with E-state index < -0.39 is 0 Å². The average Bonchev–Trinajstić information content (AvgIpc) is 3.34. The molecule has 1 aromatic carbocycles. The lowest BCUT2D eigenvalue weighted by Gasteiger charge is -2.30. The predicted molar refractivity (Wildman–Crippen MR) is 132 cm³/mol. The molecule has 2 aliphatic heterocycles. The second-order valence-electron chi connectivity index (χ2n) is 8.43. The van der Waals surface area contributed by atoms with Gasteiger partial charge in [0.2, 0.25) is 17.8 Å². The van der Waals surface area contributed by atoms with E-state index in [0.29, 0.717) is 16.7 Å². The third-order valence-corrected chi connectivity index (χ3v) is 6.25. The third kappa shape index (κ3) is 5.45. The fraction of sp³-hybridized carbons (Fsp3) is 0.417. The molecule has 2 saturated heterocycles. The minimum absolute atomic E-state index is 0.451. The molecule has 0 unspecified atom stereocenters. The van der Waals surface area contributed by atoms with Crippen molar-refractivity contribution in [3.63, 3.8) is 0 Å². The van der Waals surface area contributed by atoms with Crippen molar-refractivity contribution in [2.75, 3.05) is 41.4 Å². The number of furan rings is 1. The zero-order valence-electron chi connectivity index (χ0n) is 18.6. The quantitative estimate of drug-likeness (QED) is 0.395. The van der Waals surface area contributed by atoms with E-state index in [2.05, 4.69) is 30.3 Å². The largest absolute Gasteiger partial charge is 0.455 e. The van der Waals surface area contributed by atoms with Gasteiger partial charge in [-0.1, -0.05) is 11.6 Å². The monoisotopic (exact) mass is 465 g/mol. The van der Waals surface area contributed by atoms with E-state index >= 15 is 0 Å². The van der Waals surface area contributed by atoms with Crippen LogP contribution in [0.5, 0.6) is 0 Å². The number of hydrogen-bond acceptors (Lipinski definition) is 8. The predicted octanol–water partition coefficient (Wildman–Crippen LogP) is 5.21. The van der Waals surface area contributed by atoms with Gasteiger partial charge in [0.25, 0.3) is 0 Å². The normalized spacial score (nSPS) is 17.0. The Labute approximate surface area is 198 Å². The molecule has 4 heterocycles. The van der Waals surface area contributed by atoms with Crippen LogP contribution in [-0.4, -0.2) is 47.3 Å². The summed E-state index contributed by atoms with van der Waals surface area (Å²) in [6.45, 7) is 3.91. The topological polar surface area (TPSA) is 82.7 Å². The Bertz CT molecular complexity index is 1050. The van der Waals surface area contributed by atoms with Crippen molar-refractivity contribution < 1.29 is 4.42 Å². The molecule has 0 spiro atoms. The van der Waals surface area contributed by atoms with Crippen LogP contribution in [0.2, 0.25) is 5.02 Å². The zero-order chi connectivity index (χ0) is 22.5. The summed E-state index contributed by atoms with van der Waals surface area (Å²) in [5.41, 5.74) is 3.95. The first-order valence-electron chi connectivity index (χ1n) is 11.7. The number of piperidine rings is 2. The van der Waals surface area contributed by atoms with E-state index in [1.807, 2.05) is 36.4 Å². The van der Waals surface area contributed by atoms with Gasteiger partial charge in [-0.3, -0.25) is 0 Å². The molecule has 3 aromatic rings. The summed E-state index contributed by atoms with van der Waals surface area (Å²) in [5.74, 6) is 3.30. The molecule has 33 heavy (non-hydrogen) atoms. The SMILES string of the molecule is Clc1ccc(-c2ccc(/C=N\Nc3nc(N4CCCCC4)nc(N4CCCCC4)n3)o2)cc1. The highest BCUT2D eigenvalue weighted by Gasteiger charge is 2.20. The van der Waals surface area contributed by atoms with Crippen molar-refractivity contribution in [2.45, 2.75) is 38.5 Å². The molecule has 2 aromatic heterocycles. The number of halogens is 1. The first-order valence-corrected chi connectivity index (χ1v) is 12.0. The van der Waals surface area contributed by atoms with Crippen molar-refractivity contribution in [1.29, 1.82) is 0 Å². The second-order valence-corrected chi connectivity index (χ2v) is 8.87. The van der Waals surface area contributed by atoms with E-state index in [9.17, 15) is 0 Å². The van der Waals surface area contributed by atoms with Gasteiger partial charge in [0.05, 0.1) is 6.21 Å². The van der Waals surface area contributed by atoms with E-state index in [1.54, 1.807) is 6.21 Å². The molecule has 9 heteroatoms. The molecule has 0 atom stereocenters. The van der Waals surface area contributed by atoms with Gasteiger partial charge >= 0.3 is 0 Å². The highest BCUT2D eigenvalue weighted by molar-refractivity contribution is 6.30. The minimum Gasteiger partial charge on any atom is -0.455 e. The molecule has 0 saturated carbocycles. The van der Waals surface area contributed by atoms with Crippen molar-refractivity contribution in [3.8, 4) is 11.3 Å².